The monoisotopic (exact) mass is 249 g/mol. The van der Waals surface area contributed by atoms with Crippen molar-refractivity contribution in [3.63, 3.8) is 0 Å². The van der Waals surface area contributed by atoms with Crippen LogP contribution < -0.4 is 19.1 Å². The van der Waals surface area contributed by atoms with E-state index in [0.717, 1.165) is 0 Å². The zero-order chi connectivity index (χ0) is 13.3. The van der Waals surface area contributed by atoms with Crippen LogP contribution in [0, 0.1) is 0 Å². The van der Waals surface area contributed by atoms with Crippen LogP contribution in [-0.2, 0) is 4.79 Å². The molecule has 1 amide bonds. The molecule has 2 rings (SSSR count). The molecule has 0 aliphatic carbocycles. The number of ether oxygens (including phenoxy) is 3. The summed E-state index contributed by atoms with van der Waals surface area (Å²) in [4.78, 5) is 13.2. The number of β-lactam (4-membered cyclic amide) rings is 1. The summed E-state index contributed by atoms with van der Waals surface area (Å²) < 4.78 is 15.7. The Morgan fingerprint density at radius 2 is 1.67 bits per heavy atom. The fraction of sp³-hybridized carbons (Fsp3) is 0.308. The molecule has 1 saturated heterocycles. The van der Waals surface area contributed by atoms with Crippen molar-refractivity contribution in [2.75, 3.05) is 32.8 Å². The number of nitrogens with zero attached hydrogens (tertiary/aromatic N) is 1. The minimum atomic E-state index is -0.0794. The molecule has 0 bridgehead atoms. The van der Waals surface area contributed by atoms with Crippen LogP contribution in [0.2, 0.25) is 0 Å². The number of anilines is 1. The standard InChI is InChI=1S/C13H15NO4/c1-8-7-14(13(8)15)9-5-10(16-2)12(18-4)11(6-9)17-3/h5-6H,1,7H2,2-4H3. The fourth-order valence-corrected chi connectivity index (χ4v) is 1.86. The van der Waals surface area contributed by atoms with Gasteiger partial charge in [-0.25, -0.2) is 0 Å². The van der Waals surface area contributed by atoms with Gasteiger partial charge < -0.3 is 19.1 Å². The van der Waals surface area contributed by atoms with Crippen molar-refractivity contribution in [3.05, 3.63) is 24.3 Å². The number of carbonyl (C=O) groups is 1. The van der Waals surface area contributed by atoms with Gasteiger partial charge in [-0.3, -0.25) is 4.79 Å². The highest BCUT2D eigenvalue weighted by Crippen LogP contribution is 2.42. The normalized spacial score (nSPS) is 14.3. The van der Waals surface area contributed by atoms with E-state index in [0.29, 0.717) is 35.1 Å². The van der Waals surface area contributed by atoms with E-state index in [2.05, 4.69) is 6.58 Å². The minimum absolute atomic E-state index is 0.0794. The summed E-state index contributed by atoms with van der Waals surface area (Å²) in [7, 11) is 4.62. The molecule has 0 saturated carbocycles. The van der Waals surface area contributed by atoms with Gasteiger partial charge in [0.1, 0.15) is 0 Å². The van der Waals surface area contributed by atoms with E-state index in [9.17, 15) is 4.79 Å². The summed E-state index contributed by atoms with van der Waals surface area (Å²) in [6.45, 7) is 4.18. The van der Waals surface area contributed by atoms with Crippen LogP contribution in [0.5, 0.6) is 17.2 Å². The predicted molar refractivity (Wildman–Crippen MR) is 67.6 cm³/mol. The molecule has 1 heterocycles. The third-order valence-corrected chi connectivity index (χ3v) is 2.86. The van der Waals surface area contributed by atoms with Crippen molar-refractivity contribution >= 4 is 11.6 Å². The Hall–Kier alpha value is -2.17. The third-order valence-electron chi connectivity index (χ3n) is 2.86. The number of amides is 1. The summed E-state index contributed by atoms with van der Waals surface area (Å²) in [5.74, 6) is 1.48. The van der Waals surface area contributed by atoms with Crippen LogP contribution >= 0.6 is 0 Å². The summed E-state index contributed by atoms with van der Waals surface area (Å²) in [6.07, 6.45) is 0. The van der Waals surface area contributed by atoms with Crippen LogP contribution in [0.1, 0.15) is 0 Å². The molecule has 0 N–H and O–H groups in total. The highest BCUT2D eigenvalue weighted by molar-refractivity contribution is 6.13. The van der Waals surface area contributed by atoms with E-state index in [1.165, 1.54) is 21.3 Å². The number of hydrogen-bond acceptors (Lipinski definition) is 4. The highest BCUT2D eigenvalue weighted by Gasteiger charge is 2.31. The lowest BCUT2D eigenvalue weighted by Crippen LogP contribution is -2.45. The predicted octanol–water partition coefficient (Wildman–Crippen LogP) is 1.62. The van der Waals surface area contributed by atoms with Gasteiger partial charge in [0.25, 0.3) is 5.91 Å². The van der Waals surface area contributed by atoms with Crippen LogP contribution in [0.25, 0.3) is 0 Å². The topological polar surface area (TPSA) is 48.0 Å². The van der Waals surface area contributed by atoms with Gasteiger partial charge in [0.2, 0.25) is 5.75 Å². The molecule has 0 spiro atoms. The Morgan fingerprint density at radius 1 is 1.11 bits per heavy atom. The van der Waals surface area contributed by atoms with E-state index in [4.69, 9.17) is 14.2 Å². The Labute approximate surface area is 106 Å². The summed E-state index contributed by atoms with van der Waals surface area (Å²) in [5.41, 5.74) is 1.31. The second-order valence-electron chi connectivity index (χ2n) is 3.88. The zero-order valence-electron chi connectivity index (χ0n) is 10.6. The maximum absolute atomic E-state index is 11.6. The van der Waals surface area contributed by atoms with Crippen LogP contribution in [0.4, 0.5) is 5.69 Å². The first-order chi connectivity index (χ1) is 8.62. The molecule has 0 radical (unpaired) electrons. The molecule has 96 valence electrons. The van der Waals surface area contributed by atoms with E-state index in [1.807, 2.05) is 0 Å². The second kappa shape index (κ2) is 4.60. The number of carbonyl (C=O) groups excluding carboxylic acids is 1. The molecular weight excluding hydrogens is 234 g/mol. The Kier molecular flexibility index (Phi) is 3.14. The van der Waals surface area contributed by atoms with Gasteiger partial charge in [-0.15, -0.1) is 0 Å². The van der Waals surface area contributed by atoms with Gasteiger partial charge in [0.05, 0.1) is 33.6 Å². The summed E-state index contributed by atoms with van der Waals surface area (Å²) in [6, 6.07) is 3.48. The quantitative estimate of drug-likeness (QED) is 0.601. The smallest absolute Gasteiger partial charge is 0.255 e. The minimum Gasteiger partial charge on any atom is -0.493 e. The molecule has 0 unspecified atom stereocenters. The molecule has 0 aromatic heterocycles. The SMILES string of the molecule is C=C1CN(c2cc(OC)c(OC)c(OC)c2)C1=O. The fourth-order valence-electron chi connectivity index (χ4n) is 1.86. The van der Waals surface area contributed by atoms with Gasteiger partial charge in [0.15, 0.2) is 11.5 Å². The molecule has 5 heteroatoms. The molecule has 1 aromatic rings. The molecule has 1 aliphatic heterocycles. The largest absolute Gasteiger partial charge is 0.493 e. The summed E-state index contributed by atoms with van der Waals surface area (Å²) in [5, 5.41) is 0. The van der Waals surface area contributed by atoms with Gasteiger partial charge in [0, 0.05) is 17.7 Å². The zero-order valence-corrected chi connectivity index (χ0v) is 10.6. The second-order valence-corrected chi connectivity index (χ2v) is 3.88. The highest BCUT2D eigenvalue weighted by atomic mass is 16.5. The lowest BCUT2D eigenvalue weighted by atomic mass is 10.1. The maximum Gasteiger partial charge on any atom is 0.255 e. The van der Waals surface area contributed by atoms with E-state index in [-0.39, 0.29) is 5.91 Å². The Bertz CT molecular complexity index is 485. The number of benzene rings is 1. The van der Waals surface area contributed by atoms with Crippen molar-refractivity contribution in [1.29, 1.82) is 0 Å². The van der Waals surface area contributed by atoms with Gasteiger partial charge in [-0.05, 0) is 0 Å². The van der Waals surface area contributed by atoms with Crippen LogP contribution in [0.15, 0.2) is 24.3 Å². The summed E-state index contributed by atoms with van der Waals surface area (Å²) >= 11 is 0. The van der Waals surface area contributed by atoms with Crippen molar-refractivity contribution < 1.29 is 19.0 Å². The maximum atomic E-state index is 11.6. The Morgan fingerprint density at radius 3 is 2.00 bits per heavy atom. The average molecular weight is 249 g/mol. The average Bonchev–Trinajstić information content (AvgIpc) is 2.42. The van der Waals surface area contributed by atoms with Crippen LogP contribution in [0.3, 0.4) is 0 Å². The Balaban J connectivity index is 2.44. The number of methoxy groups -OCH3 is 3. The van der Waals surface area contributed by atoms with Crippen molar-refractivity contribution in [3.8, 4) is 17.2 Å². The molecular formula is C13H15NO4. The van der Waals surface area contributed by atoms with Gasteiger partial charge >= 0.3 is 0 Å². The molecule has 1 fully saturated rings. The van der Waals surface area contributed by atoms with E-state index in [1.54, 1.807) is 17.0 Å². The van der Waals surface area contributed by atoms with Crippen LogP contribution in [-0.4, -0.2) is 33.8 Å². The number of hydrogen-bond donors (Lipinski definition) is 0. The molecule has 1 aliphatic rings. The molecule has 0 atom stereocenters. The molecule has 5 nitrogen and oxygen atoms in total. The molecule has 1 aromatic carbocycles. The third kappa shape index (κ3) is 1.77. The lowest BCUT2D eigenvalue weighted by molar-refractivity contribution is -0.117. The van der Waals surface area contributed by atoms with E-state index < -0.39 is 0 Å². The van der Waals surface area contributed by atoms with Crippen molar-refractivity contribution in [1.82, 2.24) is 0 Å². The lowest BCUT2D eigenvalue weighted by Gasteiger charge is -2.33. The van der Waals surface area contributed by atoms with Crippen molar-refractivity contribution in [2.45, 2.75) is 0 Å². The first-order valence-electron chi connectivity index (χ1n) is 5.42. The first kappa shape index (κ1) is 12.3. The first-order valence-corrected chi connectivity index (χ1v) is 5.42. The molecule has 18 heavy (non-hydrogen) atoms. The van der Waals surface area contributed by atoms with Crippen molar-refractivity contribution in [2.24, 2.45) is 0 Å². The van der Waals surface area contributed by atoms with E-state index >= 15 is 0 Å². The number of rotatable bonds is 4. The van der Waals surface area contributed by atoms with Gasteiger partial charge in [-0.2, -0.15) is 0 Å². The van der Waals surface area contributed by atoms with Gasteiger partial charge in [-0.1, -0.05) is 6.58 Å².